The van der Waals surface area contributed by atoms with E-state index in [9.17, 15) is 9.59 Å². The number of carbonyl (C=O) groups is 2. The second kappa shape index (κ2) is 10.4. The molecule has 1 aliphatic heterocycles. The van der Waals surface area contributed by atoms with Crippen molar-refractivity contribution in [2.75, 3.05) is 19.7 Å². The lowest BCUT2D eigenvalue weighted by molar-refractivity contribution is -0.0304. The van der Waals surface area contributed by atoms with Crippen molar-refractivity contribution in [1.29, 1.82) is 0 Å². The van der Waals surface area contributed by atoms with Crippen LogP contribution >= 0.6 is 0 Å². The average molecular weight is 446 g/mol. The summed E-state index contributed by atoms with van der Waals surface area (Å²) in [4.78, 5) is 26.2. The molecule has 0 saturated carbocycles. The van der Waals surface area contributed by atoms with Crippen molar-refractivity contribution in [3.8, 4) is 11.1 Å². The highest BCUT2D eigenvalue weighted by Crippen LogP contribution is 2.29. The molecule has 0 spiro atoms. The predicted molar refractivity (Wildman–Crippen MR) is 125 cm³/mol. The number of ether oxygens (including phenoxy) is 1. The van der Waals surface area contributed by atoms with Crippen molar-refractivity contribution < 1.29 is 19.5 Å². The van der Waals surface area contributed by atoms with Gasteiger partial charge in [0.25, 0.3) is 5.91 Å². The lowest BCUT2D eigenvalue weighted by atomic mass is 9.90. The van der Waals surface area contributed by atoms with Gasteiger partial charge in [0.1, 0.15) is 0 Å². The van der Waals surface area contributed by atoms with Crippen molar-refractivity contribution in [1.82, 2.24) is 10.4 Å². The van der Waals surface area contributed by atoms with Crippen molar-refractivity contribution in [2.24, 2.45) is 5.73 Å². The number of nitrogens with zero attached hydrogens (tertiary/aromatic N) is 1. The molecule has 1 aliphatic rings. The van der Waals surface area contributed by atoms with E-state index in [0.717, 1.165) is 36.3 Å². The fourth-order valence-corrected chi connectivity index (χ4v) is 4.29. The summed E-state index contributed by atoms with van der Waals surface area (Å²) in [6.07, 6.45) is 0.458. The number of hydrogen-bond acceptors (Lipinski definition) is 5. The molecule has 1 unspecified atom stereocenters. The van der Waals surface area contributed by atoms with E-state index in [1.54, 1.807) is 41.9 Å². The summed E-state index contributed by atoms with van der Waals surface area (Å²) in [5, 5.41) is 8.84. The molecule has 170 valence electrons. The van der Waals surface area contributed by atoms with Gasteiger partial charge in [0.15, 0.2) is 0 Å². The lowest BCUT2D eigenvalue weighted by Gasteiger charge is -2.33. The highest BCUT2D eigenvalue weighted by atomic mass is 16.5. The van der Waals surface area contributed by atoms with E-state index in [1.165, 1.54) is 5.56 Å². The molecule has 0 aromatic heterocycles. The minimum absolute atomic E-state index is 0.0823. The Labute approximate surface area is 192 Å². The number of hydrogen-bond donors (Lipinski definition) is 3. The van der Waals surface area contributed by atoms with Gasteiger partial charge in [-0.2, -0.15) is 0 Å². The molecule has 2 amide bonds. The van der Waals surface area contributed by atoms with Crippen LogP contribution in [0.1, 0.15) is 31.8 Å². The molecule has 1 heterocycles. The van der Waals surface area contributed by atoms with Crippen LogP contribution in [0.4, 0.5) is 0 Å². The maximum absolute atomic E-state index is 12.2. The Morgan fingerprint density at radius 2 is 1.79 bits per heavy atom. The summed E-state index contributed by atoms with van der Waals surface area (Å²) >= 11 is 0. The van der Waals surface area contributed by atoms with Gasteiger partial charge < -0.3 is 10.5 Å². The topological polar surface area (TPSA) is 105 Å². The van der Waals surface area contributed by atoms with Gasteiger partial charge in [0, 0.05) is 37.2 Å². The molecule has 33 heavy (non-hydrogen) atoms. The number of amides is 2. The van der Waals surface area contributed by atoms with Gasteiger partial charge in [0.2, 0.25) is 5.91 Å². The molecule has 3 aromatic rings. The standard InChI is InChI=1S/C26H27N3O4/c27-25(30)23-8-4-7-22(19-9-11-20(12-10-19)26(31)28-32)24(23)15-21-17-29(13-14-33-21)16-18-5-2-1-3-6-18/h1-12,21,32H,13-17H2,(H2,27,30)(H,28,31). The van der Waals surface area contributed by atoms with Gasteiger partial charge in [-0.1, -0.05) is 54.6 Å². The van der Waals surface area contributed by atoms with Crippen molar-refractivity contribution in [3.05, 3.63) is 95.1 Å². The normalized spacial score (nSPS) is 16.3. The van der Waals surface area contributed by atoms with Gasteiger partial charge in [-0.05, 0) is 40.5 Å². The Morgan fingerprint density at radius 1 is 1.03 bits per heavy atom. The minimum Gasteiger partial charge on any atom is -0.375 e. The molecule has 1 saturated heterocycles. The summed E-state index contributed by atoms with van der Waals surface area (Å²) < 4.78 is 6.07. The fraction of sp³-hybridized carbons (Fsp3) is 0.231. The first-order valence-corrected chi connectivity index (χ1v) is 10.9. The Hall–Kier alpha value is -3.52. The Morgan fingerprint density at radius 3 is 2.48 bits per heavy atom. The van der Waals surface area contributed by atoms with Crippen LogP contribution in [0.5, 0.6) is 0 Å². The van der Waals surface area contributed by atoms with E-state index in [0.29, 0.717) is 24.2 Å². The fourth-order valence-electron chi connectivity index (χ4n) is 4.29. The SMILES string of the molecule is NC(=O)c1cccc(-c2ccc(C(=O)NO)cc2)c1CC1CN(Cc2ccccc2)CCO1. The summed E-state index contributed by atoms with van der Waals surface area (Å²) in [6, 6.07) is 22.6. The quantitative estimate of drug-likeness (QED) is 0.383. The van der Waals surface area contributed by atoms with Crippen LogP contribution in [-0.2, 0) is 17.7 Å². The summed E-state index contributed by atoms with van der Waals surface area (Å²) in [5.74, 6) is -1.07. The summed E-state index contributed by atoms with van der Waals surface area (Å²) in [7, 11) is 0. The first-order valence-electron chi connectivity index (χ1n) is 10.9. The van der Waals surface area contributed by atoms with Gasteiger partial charge in [-0.15, -0.1) is 0 Å². The number of morpholine rings is 1. The molecule has 0 bridgehead atoms. The van der Waals surface area contributed by atoms with E-state index in [-0.39, 0.29) is 6.10 Å². The zero-order chi connectivity index (χ0) is 23.2. The first-order chi connectivity index (χ1) is 16.0. The van der Waals surface area contributed by atoms with Gasteiger partial charge in [0.05, 0.1) is 12.7 Å². The number of primary amides is 1. The first kappa shape index (κ1) is 22.7. The predicted octanol–water partition coefficient (Wildman–Crippen LogP) is 3.02. The lowest BCUT2D eigenvalue weighted by Crippen LogP contribution is -2.43. The molecular formula is C26H27N3O4. The van der Waals surface area contributed by atoms with Crippen LogP contribution < -0.4 is 11.2 Å². The number of rotatable bonds is 7. The van der Waals surface area contributed by atoms with Crippen LogP contribution in [0, 0.1) is 0 Å². The molecule has 1 atom stereocenters. The van der Waals surface area contributed by atoms with Crippen molar-refractivity contribution >= 4 is 11.8 Å². The zero-order valence-electron chi connectivity index (χ0n) is 18.2. The molecule has 4 rings (SSSR count). The van der Waals surface area contributed by atoms with Crippen LogP contribution in [0.15, 0.2) is 72.8 Å². The van der Waals surface area contributed by atoms with Gasteiger partial charge in [-0.25, -0.2) is 5.48 Å². The third-order valence-corrected chi connectivity index (χ3v) is 5.90. The summed E-state index contributed by atoms with van der Waals surface area (Å²) in [6.45, 7) is 3.07. The highest BCUT2D eigenvalue weighted by molar-refractivity contribution is 5.97. The minimum atomic E-state index is -0.582. The van der Waals surface area contributed by atoms with Gasteiger partial charge in [-0.3, -0.25) is 19.7 Å². The second-order valence-corrected chi connectivity index (χ2v) is 8.13. The third kappa shape index (κ3) is 5.46. The smallest absolute Gasteiger partial charge is 0.274 e. The molecule has 3 aromatic carbocycles. The Bertz CT molecular complexity index is 1120. The number of benzene rings is 3. The molecule has 4 N–H and O–H groups in total. The second-order valence-electron chi connectivity index (χ2n) is 8.13. The Balaban J connectivity index is 1.58. The summed E-state index contributed by atoms with van der Waals surface area (Å²) in [5.41, 5.74) is 11.9. The van der Waals surface area contributed by atoms with E-state index in [1.807, 2.05) is 24.3 Å². The molecule has 1 fully saturated rings. The molecule has 7 nitrogen and oxygen atoms in total. The number of nitrogens with one attached hydrogen (secondary N) is 1. The van der Waals surface area contributed by atoms with E-state index in [2.05, 4.69) is 17.0 Å². The largest absolute Gasteiger partial charge is 0.375 e. The highest BCUT2D eigenvalue weighted by Gasteiger charge is 2.24. The van der Waals surface area contributed by atoms with E-state index >= 15 is 0 Å². The van der Waals surface area contributed by atoms with Crippen LogP contribution in [0.3, 0.4) is 0 Å². The van der Waals surface area contributed by atoms with E-state index in [4.69, 9.17) is 15.7 Å². The van der Waals surface area contributed by atoms with Gasteiger partial charge >= 0.3 is 0 Å². The Kier molecular flexibility index (Phi) is 7.14. The molecule has 0 aliphatic carbocycles. The maximum atomic E-state index is 12.2. The maximum Gasteiger partial charge on any atom is 0.274 e. The number of nitrogens with two attached hydrogens (primary N) is 1. The van der Waals surface area contributed by atoms with Crippen LogP contribution in [0.25, 0.3) is 11.1 Å². The third-order valence-electron chi connectivity index (χ3n) is 5.90. The number of hydroxylamine groups is 1. The van der Waals surface area contributed by atoms with Crippen LogP contribution in [0.2, 0.25) is 0 Å². The molecular weight excluding hydrogens is 418 g/mol. The van der Waals surface area contributed by atoms with Crippen LogP contribution in [-0.4, -0.2) is 47.7 Å². The zero-order valence-corrected chi connectivity index (χ0v) is 18.2. The average Bonchev–Trinajstić information content (AvgIpc) is 2.84. The van der Waals surface area contributed by atoms with Crippen molar-refractivity contribution in [3.63, 3.8) is 0 Å². The molecule has 0 radical (unpaired) electrons. The number of carbonyl (C=O) groups excluding carboxylic acids is 2. The van der Waals surface area contributed by atoms with E-state index < -0.39 is 11.8 Å². The molecule has 7 heteroatoms. The van der Waals surface area contributed by atoms with Crippen molar-refractivity contribution in [2.45, 2.75) is 19.1 Å². The monoisotopic (exact) mass is 445 g/mol.